The van der Waals surface area contributed by atoms with Crippen molar-refractivity contribution in [3.63, 3.8) is 0 Å². The van der Waals surface area contributed by atoms with E-state index in [2.05, 4.69) is 5.32 Å². The highest BCUT2D eigenvalue weighted by Crippen LogP contribution is 2.30. The standard InChI is InChI=1S/C14H11F3N2S/c15-14(16,17)11-4-1-3-10(7-11)13(8-18)19-9-12-5-2-6-20-12/h1-7,13,19H,9H2. The number of hydrogen-bond donors (Lipinski definition) is 1. The molecule has 0 radical (unpaired) electrons. The van der Waals surface area contributed by atoms with Crippen LogP contribution in [0.3, 0.4) is 0 Å². The lowest BCUT2D eigenvalue weighted by molar-refractivity contribution is -0.137. The number of thiophene rings is 1. The molecule has 2 rings (SSSR count). The summed E-state index contributed by atoms with van der Waals surface area (Å²) in [4.78, 5) is 1.03. The first kappa shape index (κ1) is 14.6. The van der Waals surface area contributed by atoms with Crippen molar-refractivity contribution in [1.82, 2.24) is 5.32 Å². The molecule has 1 atom stereocenters. The first-order chi connectivity index (χ1) is 9.50. The van der Waals surface area contributed by atoms with E-state index >= 15 is 0 Å². The van der Waals surface area contributed by atoms with Crippen molar-refractivity contribution in [2.24, 2.45) is 0 Å². The van der Waals surface area contributed by atoms with Gasteiger partial charge in [-0.2, -0.15) is 18.4 Å². The zero-order valence-electron chi connectivity index (χ0n) is 10.3. The highest BCUT2D eigenvalue weighted by atomic mass is 32.1. The van der Waals surface area contributed by atoms with Gasteiger partial charge >= 0.3 is 6.18 Å². The van der Waals surface area contributed by atoms with Gasteiger partial charge in [0.05, 0.1) is 11.6 Å². The predicted molar refractivity (Wildman–Crippen MR) is 71.0 cm³/mol. The topological polar surface area (TPSA) is 35.8 Å². The van der Waals surface area contributed by atoms with Gasteiger partial charge < -0.3 is 0 Å². The molecule has 0 fully saturated rings. The van der Waals surface area contributed by atoms with E-state index in [4.69, 9.17) is 5.26 Å². The SMILES string of the molecule is N#CC(NCc1cccs1)c1cccc(C(F)(F)F)c1. The van der Waals surface area contributed by atoms with Gasteiger partial charge in [-0.15, -0.1) is 11.3 Å². The summed E-state index contributed by atoms with van der Waals surface area (Å²) < 4.78 is 37.9. The van der Waals surface area contributed by atoms with Gasteiger partial charge in [-0.3, -0.25) is 5.32 Å². The number of nitriles is 1. The number of alkyl halides is 3. The Morgan fingerprint density at radius 2 is 2.05 bits per heavy atom. The molecule has 0 bridgehead atoms. The molecule has 1 aromatic heterocycles. The van der Waals surface area contributed by atoms with Crippen molar-refractivity contribution in [2.45, 2.75) is 18.8 Å². The molecular formula is C14H11F3N2S. The van der Waals surface area contributed by atoms with E-state index in [0.717, 1.165) is 17.0 Å². The minimum Gasteiger partial charge on any atom is -0.293 e. The number of nitrogens with one attached hydrogen (secondary N) is 1. The lowest BCUT2D eigenvalue weighted by Gasteiger charge is -2.13. The van der Waals surface area contributed by atoms with Crippen LogP contribution in [0.4, 0.5) is 13.2 Å². The fourth-order valence-corrected chi connectivity index (χ4v) is 2.40. The van der Waals surface area contributed by atoms with Gasteiger partial charge in [-0.1, -0.05) is 18.2 Å². The van der Waals surface area contributed by atoms with E-state index in [0.29, 0.717) is 12.1 Å². The van der Waals surface area contributed by atoms with E-state index in [9.17, 15) is 13.2 Å². The Morgan fingerprint density at radius 1 is 1.25 bits per heavy atom. The summed E-state index contributed by atoms with van der Waals surface area (Å²) in [7, 11) is 0. The van der Waals surface area contributed by atoms with Crippen LogP contribution in [0, 0.1) is 11.3 Å². The Kier molecular flexibility index (Phi) is 4.42. The number of halogens is 3. The molecule has 0 aliphatic rings. The smallest absolute Gasteiger partial charge is 0.293 e. The maximum absolute atomic E-state index is 12.6. The molecule has 0 aliphatic heterocycles. The summed E-state index contributed by atoms with van der Waals surface area (Å²) in [6.07, 6.45) is -4.40. The van der Waals surface area contributed by atoms with Crippen LogP contribution in [-0.4, -0.2) is 0 Å². The number of hydrogen-bond acceptors (Lipinski definition) is 3. The van der Waals surface area contributed by atoms with Gasteiger partial charge in [0, 0.05) is 11.4 Å². The third-order valence-electron chi connectivity index (χ3n) is 2.74. The van der Waals surface area contributed by atoms with Crippen molar-refractivity contribution in [3.05, 3.63) is 57.8 Å². The molecule has 0 saturated carbocycles. The highest BCUT2D eigenvalue weighted by molar-refractivity contribution is 7.09. The molecule has 6 heteroatoms. The summed E-state index contributed by atoms with van der Waals surface area (Å²) in [6.45, 7) is 0.451. The van der Waals surface area contributed by atoms with Crippen molar-refractivity contribution < 1.29 is 13.2 Å². The van der Waals surface area contributed by atoms with Crippen molar-refractivity contribution in [1.29, 1.82) is 5.26 Å². The summed E-state index contributed by atoms with van der Waals surface area (Å²) in [5, 5.41) is 14.0. The van der Waals surface area contributed by atoms with E-state index in [1.165, 1.54) is 23.5 Å². The van der Waals surface area contributed by atoms with Gasteiger partial charge in [0.1, 0.15) is 6.04 Å². The molecule has 2 nitrogen and oxygen atoms in total. The summed E-state index contributed by atoms with van der Waals surface area (Å²) in [6, 6.07) is 9.84. The van der Waals surface area contributed by atoms with Gasteiger partial charge in [0.15, 0.2) is 0 Å². The first-order valence-electron chi connectivity index (χ1n) is 5.83. The molecule has 1 aromatic carbocycles. The fraction of sp³-hybridized carbons (Fsp3) is 0.214. The lowest BCUT2D eigenvalue weighted by atomic mass is 10.0. The molecule has 0 saturated heterocycles. The maximum atomic E-state index is 12.6. The van der Waals surface area contributed by atoms with E-state index < -0.39 is 17.8 Å². The van der Waals surface area contributed by atoms with E-state index in [-0.39, 0.29) is 0 Å². The molecule has 0 aliphatic carbocycles. The van der Waals surface area contributed by atoms with E-state index in [1.807, 2.05) is 23.6 Å². The summed E-state index contributed by atoms with van der Waals surface area (Å²) >= 11 is 1.53. The molecule has 1 unspecified atom stereocenters. The van der Waals surface area contributed by atoms with Crippen LogP contribution in [0.2, 0.25) is 0 Å². The second-order valence-corrected chi connectivity index (χ2v) is 5.18. The summed E-state index contributed by atoms with van der Waals surface area (Å²) in [5.74, 6) is 0. The van der Waals surface area contributed by atoms with Crippen LogP contribution in [0.1, 0.15) is 22.0 Å². The summed E-state index contributed by atoms with van der Waals surface area (Å²) in [5.41, 5.74) is -0.424. The van der Waals surface area contributed by atoms with Crippen molar-refractivity contribution in [2.75, 3.05) is 0 Å². The molecule has 1 heterocycles. The fourth-order valence-electron chi connectivity index (χ4n) is 1.75. The predicted octanol–water partition coefficient (Wildman–Crippen LogP) is 4.12. The Labute approximate surface area is 118 Å². The second-order valence-electron chi connectivity index (χ2n) is 4.15. The van der Waals surface area contributed by atoms with Crippen LogP contribution < -0.4 is 5.32 Å². The van der Waals surface area contributed by atoms with Gasteiger partial charge in [0.2, 0.25) is 0 Å². The van der Waals surface area contributed by atoms with Gasteiger partial charge in [-0.05, 0) is 29.1 Å². The Hall–Kier alpha value is -1.84. The zero-order valence-corrected chi connectivity index (χ0v) is 11.1. The monoisotopic (exact) mass is 296 g/mol. The normalized spacial score (nSPS) is 12.9. The molecule has 1 N–H and O–H groups in total. The Balaban J connectivity index is 2.13. The third kappa shape index (κ3) is 3.59. The van der Waals surface area contributed by atoms with Crippen LogP contribution in [0.25, 0.3) is 0 Å². The Bertz CT molecular complexity index is 600. The third-order valence-corrected chi connectivity index (χ3v) is 3.61. The first-order valence-corrected chi connectivity index (χ1v) is 6.71. The minimum atomic E-state index is -4.40. The van der Waals surface area contributed by atoms with Gasteiger partial charge in [0.25, 0.3) is 0 Å². The number of benzene rings is 1. The average molecular weight is 296 g/mol. The molecule has 0 amide bonds. The maximum Gasteiger partial charge on any atom is 0.416 e. The number of nitrogens with zero attached hydrogens (tertiary/aromatic N) is 1. The lowest BCUT2D eigenvalue weighted by Crippen LogP contribution is -2.19. The van der Waals surface area contributed by atoms with Crippen LogP contribution in [-0.2, 0) is 12.7 Å². The molecule has 2 aromatic rings. The van der Waals surface area contributed by atoms with Gasteiger partial charge in [-0.25, -0.2) is 0 Å². The van der Waals surface area contributed by atoms with Crippen LogP contribution in [0.15, 0.2) is 41.8 Å². The molecule has 0 spiro atoms. The largest absolute Gasteiger partial charge is 0.416 e. The quantitative estimate of drug-likeness (QED) is 0.921. The van der Waals surface area contributed by atoms with Crippen LogP contribution >= 0.6 is 11.3 Å². The Morgan fingerprint density at radius 3 is 2.65 bits per heavy atom. The van der Waals surface area contributed by atoms with E-state index in [1.54, 1.807) is 0 Å². The van der Waals surface area contributed by atoms with Crippen LogP contribution in [0.5, 0.6) is 0 Å². The second kappa shape index (κ2) is 6.07. The highest BCUT2D eigenvalue weighted by Gasteiger charge is 2.30. The number of rotatable bonds is 4. The average Bonchev–Trinajstić information content (AvgIpc) is 2.92. The molecule has 20 heavy (non-hydrogen) atoms. The minimum absolute atomic E-state index is 0.318. The molecular weight excluding hydrogens is 285 g/mol. The van der Waals surface area contributed by atoms with Crippen molar-refractivity contribution >= 4 is 11.3 Å². The molecule has 104 valence electrons. The van der Waals surface area contributed by atoms with Crippen molar-refractivity contribution in [3.8, 4) is 6.07 Å². The zero-order chi connectivity index (χ0) is 14.6.